The maximum Gasteiger partial charge on any atom is 0.285 e. The topological polar surface area (TPSA) is 67.0 Å². The van der Waals surface area contributed by atoms with Gasteiger partial charge in [-0.05, 0) is 13.0 Å². The predicted molar refractivity (Wildman–Crippen MR) is 74.9 cm³/mol. The van der Waals surface area contributed by atoms with Crippen molar-refractivity contribution in [2.24, 2.45) is 0 Å². The number of halogens is 1. The molecular weight excluding hydrogens is 266 g/mol. The first-order valence-electron chi connectivity index (χ1n) is 5.76. The van der Waals surface area contributed by atoms with E-state index >= 15 is 0 Å². The molecule has 0 aliphatic carbocycles. The van der Waals surface area contributed by atoms with Crippen LogP contribution in [0.15, 0.2) is 35.3 Å². The minimum Gasteiger partial charge on any atom is -0.496 e. The second-order valence-electron chi connectivity index (χ2n) is 4.03. The lowest BCUT2D eigenvalue weighted by Gasteiger charge is -2.18. The van der Waals surface area contributed by atoms with Crippen LogP contribution in [0.1, 0.15) is 18.5 Å². The smallest absolute Gasteiger partial charge is 0.285 e. The van der Waals surface area contributed by atoms with Crippen LogP contribution in [0.4, 0.5) is 5.69 Å². The summed E-state index contributed by atoms with van der Waals surface area (Å²) in [7, 11) is 1.62. The van der Waals surface area contributed by atoms with Crippen molar-refractivity contribution in [1.29, 1.82) is 0 Å². The maximum atomic E-state index is 11.4. The summed E-state index contributed by atoms with van der Waals surface area (Å²) in [5.41, 5.74) is 1.05. The zero-order chi connectivity index (χ0) is 13.8. The average molecular weight is 280 g/mol. The second-order valence-corrected chi connectivity index (χ2v) is 4.41. The fourth-order valence-electron chi connectivity index (χ4n) is 1.82. The van der Waals surface area contributed by atoms with Gasteiger partial charge in [0.2, 0.25) is 0 Å². The zero-order valence-electron chi connectivity index (χ0n) is 10.6. The minimum absolute atomic E-state index is 0.0720. The van der Waals surface area contributed by atoms with E-state index in [0.717, 1.165) is 11.3 Å². The molecule has 100 valence electrons. The highest BCUT2D eigenvalue weighted by Crippen LogP contribution is 2.28. The van der Waals surface area contributed by atoms with Gasteiger partial charge in [0.25, 0.3) is 5.56 Å². The van der Waals surface area contributed by atoms with Crippen molar-refractivity contribution >= 4 is 17.3 Å². The molecule has 0 radical (unpaired) electrons. The molecule has 19 heavy (non-hydrogen) atoms. The summed E-state index contributed by atoms with van der Waals surface area (Å²) in [6.07, 6.45) is 1.48. The first-order valence-corrected chi connectivity index (χ1v) is 6.14. The summed E-state index contributed by atoms with van der Waals surface area (Å²) in [6, 6.07) is 7.58. The molecule has 0 aliphatic heterocycles. The Morgan fingerprint density at radius 3 is 2.89 bits per heavy atom. The number of aromatic amines is 1. The van der Waals surface area contributed by atoms with Gasteiger partial charge < -0.3 is 10.1 Å². The molecule has 0 amide bonds. The molecule has 5 nitrogen and oxygen atoms in total. The van der Waals surface area contributed by atoms with Crippen molar-refractivity contribution < 1.29 is 4.74 Å². The van der Waals surface area contributed by atoms with Crippen LogP contribution in [0.2, 0.25) is 5.02 Å². The van der Waals surface area contributed by atoms with E-state index in [4.69, 9.17) is 16.3 Å². The Balaban J connectivity index is 2.28. The molecule has 1 aromatic carbocycles. The summed E-state index contributed by atoms with van der Waals surface area (Å²) >= 11 is 5.92. The summed E-state index contributed by atoms with van der Waals surface area (Å²) in [4.78, 5) is 11.4. The molecule has 6 heteroatoms. The molecule has 0 unspecified atom stereocenters. The number of hydrogen-bond acceptors (Lipinski definition) is 4. The molecule has 0 saturated heterocycles. The number of para-hydroxylation sites is 1. The summed E-state index contributed by atoms with van der Waals surface area (Å²) < 4.78 is 5.30. The molecule has 0 aliphatic rings. The minimum atomic E-state index is -0.418. The summed E-state index contributed by atoms with van der Waals surface area (Å²) in [5.74, 6) is 0.774. The normalized spacial score (nSPS) is 11.9. The van der Waals surface area contributed by atoms with Crippen molar-refractivity contribution in [3.63, 3.8) is 0 Å². The Bertz CT molecular complexity index is 627. The number of H-pyrrole nitrogens is 1. The van der Waals surface area contributed by atoms with Gasteiger partial charge in [0.15, 0.2) is 0 Å². The molecule has 1 atom stereocenters. The van der Waals surface area contributed by atoms with E-state index in [2.05, 4.69) is 15.5 Å². The van der Waals surface area contributed by atoms with E-state index in [9.17, 15) is 4.79 Å². The molecule has 2 rings (SSSR count). The van der Waals surface area contributed by atoms with Gasteiger partial charge in [-0.15, -0.1) is 0 Å². The fourth-order valence-corrected chi connectivity index (χ4v) is 1.96. The van der Waals surface area contributed by atoms with Gasteiger partial charge in [0.05, 0.1) is 25.0 Å². The van der Waals surface area contributed by atoms with Gasteiger partial charge in [0, 0.05) is 5.56 Å². The quantitative estimate of drug-likeness (QED) is 0.903. The van der Waals surface area contributed by atoms with Crippen molar-refractivity contribution in [3.8, 4) is 5.75 Å². The number of nitrogens with zero attached hydrogens (tertiary/aromatic N) is 1. The number of methoxy groups -OCH3 is 1. The maximum absolute atomic E-state index is 11.4. The van der Waals surface area contributed by atoms with Gasteiger partial charge in [0.1, 0.15) is 10.8 Å². The number of anilines is 1. The Hall–Kier alpha value is -2.01. The Labute approximate surface area is 115 Å². The van der Waals surface area contributed by atoms with Crippen LogP contribution < -0.4 is 15.6 Å². The van der Waals surface area contributed by atoms with Gasteiger partial charge >= 0.3 is 0 Å². The lowest BCUT2D eigenvalue weighted by molar-refractivity contribution is 0.408. The van der Waals surface area contributed by atoms with E-state index in [1.807, 2.05) is 31.2 Å². The summed E-state index contributed by atoms with van der Waals surface area (Å²) in [6.45, 7) is 1.95. The third kappa shape index (κ3) is 2.88. The number of rotatable bonds is 4. The molecule has 0 bridgehead atoms. The van der Waals surface area contributed by atoms with E-state index in [0.29, 0.717) is 5.69 Å². The van der Waals surface area contributed by atoms with Crippen molar-refractivity contribution in [2.75, 3.05) is 12.4 Å². The first kappa shape index (κ1) is 13.4. The molecule has 0 spiro atoms. The second kappa shape index (κ2) is 5.75. The average Bonchev–Trinajstić information content (AvgIpc) is 2.43. The van der Waals surface area contributed by atoms with Crippen LogP contribution in [0, 0.1) is 0 Å². The third-order valence-electron chi connectivity index (χ3n) is 2.77. The summed E-state index contributed by atoms with van der Waals surface area (Å²) in [5, 5.41) is 9.23. The van der Waals surface area contributed by atoms with E-state index < -0.39 is 5.56 Å². The highest BCUT2D eigenvalue weighted by molar-refractivity contribution is 6.32. The van der Waals surface area contributed by atoms with Crippen LogP contribution in [-0.2, 0) is 0 Å². The van der Waals surface area contributed by atoms with Crippen LogP contribution in [0.25, 0.3) is 0 Å². The molecule has 0 fully saturated rings. The zero-order valence-corrected chi connectivity index (χ0v) is 11.4. The lowest BCUT2D eigenvalue weighted by atomic mass is 10.1. The largest absolute Gasteiger partial charge is 0.496 e. The number of hydrogen-bond donors (Lipinski definition) is 2. The molecule has 0 saturated carbocycles. The van der Waals surface area contributed by atoms with E-state index in [1.165, 1.54) is 6.20 Å². The number of benzene rings is 1. The van der Waals surface area contributed by atoms with Crippen LogP contribution in [0.3, 0.4) is 0 Å². The highest BCUT2D eigenvalue weighted by Gasteiger charge is 2.13. The SMILES string of the molecule is COc1ccccc1[C@@H](C)Nc1cn[nH]c(=O)c1Cl. The lowest BCUT2D eigenvalue weighted by Crippen LogP contribution is -2.14. The van der Waals surface area contributed by atoms with Gasteiger partial charge in [-0.2, -0.15) is 5.10 Å². The molecule has 1 heterocycles. The number of ether oxygens (including phenoxy) is 1. The van der Waals surface area contributed by atoms with Crippen molar-refractivity contribution in [3.05, 3.63) is 51.4 Å². The monoisotopic (exact) mass is 279 g/mol. The van der Waals surface area contributed by atoms with Gasteiger partial charge in [-0.1, -0.05) is 29.8 Å². The molecule has 1 aromatic heterocycles. The number of aromatic nitrogens is 2. The van der Waals surface area contributed by atoms with Crippen molar-refractivity contribution in [1.82, 2.24) is 10.2 Å². The third-order valence-corrected chi connectivity index (χ3v) is 3.15. The van der Waals surface area contributed by atoms with E-state index in [-0.39, 0.29) is 11.1 Å². The van der Waals surface area contributed by atoms with Gasteiger partial charge in [-0.25, -0.2) is 5.10 Å². The Kier molecular flexibility index (Phi) is 4.06. The highest BCUT2D eigenvalue weighted by atomic mass is 35.5. The predicted octanol–water partition coefficient (Wildman–Crippen LogP) is 2.60. The number of nitrogens with one attached hydrogen (secondary N) is 2. The molecule has 2 aromatic rings. The van der Waals surface area contributed by atoms with Crippen molar-refractivity contribution in [2.45, 2.75) is 13.0 Å². The van der Waals surface area contributed by atoms with Crippen LogP contribution in [-0.4, -0.2) is 17.3 Å². The first-order chi connectivity index (χ1) is 9.13. The Morgan fingerprint density at radius 1 is 1.42 bits per heavy atom. The van der Waals surface area contributed by atoms with E-state index in [1.54, 1.807) is 7.11 Å². The Morgan fingerprint density at radius 2 is 2.16 bits per heavy atom. The molecular formula is C13H14ClN3O2. The van der Waals surface area contributed by atoms with Crippen LogP contribution >= 0.6 is 11.6 Å². The van der Waals surface area contributed by atoms with Crippen LogP contribution in [0.5, 0.6) is 5.75 Å². The molecule has 2 N–H and O–H groups in total. The fraction of sp³-hybridized carbons (Fsp3) is 0.231. The van der Waals surface area contributed by atoms with Gasteiger partial charge in [-0.3, -0.25) is 4.79 Å². The standard InChI is InChI=1S/C13H14ClN3O2/c1-8(9-5-3-4-6-11(9)19-2)16-10-7-15-17-13(18)12(10)14/h3-8H,1-2H3,(H2,16,17,18)/t8-/m1/s1.